The van der Waals surface area contributed by atoms with Crippen molar-refractivity contribution in [1.29, 1.82) is 0 Å². The molecular formula is C28H41N3O5S. The zero-order valence-electron chi connectivity index (χ0n) is 23.1. The zero-order chi connectivity index (χ0) is 27.8. The van der Waals surface area contributed by atoms with Gasteiger partial charge in [-0.25, -0.2) is 8.42 Å². The van der Waals surface area contributed by atoms with Crippen LogP contribution in [0.5, 0.6) is 5.75 Å². The van der Waals surface area contributed by atoms with Crippen LogP contribution in [0.15, 0.2) is 42.5 Å². The summed E-state index contributed by atoms with van der Waals surface area (Å²) in [5.41, 5.74) is 3.36. The average Bonchev–Trinajstić information content (AvgIpc) is 2.79. The first-order valence-corrected chi connectivity index (χ1v) is 14.5. The third-order valence-corrected chi connectivity index (χ3v) is 7.14. The Morgan fingerprint density at radius 1 is 1.05 bits per heavy atom. The van der Waals surface area contributed by atoms with Gasteiger partial charge in [0.2, 0.25) is 21.8 Å². The van der Waals surface area contributed by atoms with Gasteiger partial charge in [0.25, 0.3) is 0 Å². The predicted octanol–water partition coefficient (Wildman–Crippen LogP) is 4.19. The van der Waals surface area contributed by atoms with E-state index in [-0.39, 0.29) is 37.4 Å². The first-order valence-electron chi connectivity index (χ1n) is 12.6. The molecule has 0 radical (unpaired) electrons. The Labute approximate surface area is 222 Å². The number of carbonyl (C=O) groups is 2. The van der Waals surface area contributed by atoms with Gasteiger partial charge in [-0.15, -0.1) is 0 Å². The van der Waals surface area contributed by atoms with Gasteiger partial charge in [-0.1, -0.05) is 25.1 Å². The highest BCUT2D eigenvalue weighted by molar-refractivity contribution is 7.92. The molecule has 1 N–H and O–H groups in total. The van der Waals surface area contributed by atoms with E-state index in [9.17, 15) is 18.0 Å². The third-order valence-electron chi connectivity index (χ3n) is 5.95. The maximum atomic E-state index is 13.5. The normalized spacial score (nSPS) is 12.2. The molecular weight excluding hydrogens is 490 g/mol. The molecule has 37 heavy (non-hydrogen) atoms. The summed E-state index contributed by atoms with van der Waals surface area (Å²) >= 11 is 0. The number of hydrogen-bond donors (Lipinski definition) is 1. The van der Waals surface area contributed by atoms with Crippen molar-refractivity contribution in [3.63, 3.8) is 0 Å². The minimum absolute atomic E-state index is 0.0589. The smallest absolute Gasteiger partial charge is 0.243 e. The van der Waals surface area contributed by atoms with Gasteiger partial charge in [-0.3, -0.25) is 13.9 Å². The Kier molecular flexibility index (Phi) is 11.0. The lowest BCUT2D eigenvalue weighted by Gasteiger charge is -2.31. The fourth-order valence-electron chi connectivity index (χ4n) is 4.37. The molecule has 2 aromatic rings. The van der Waals surface area contributed by atoms with E-state index < -0.39 is 16.1 Å². The number of carbonyl (C=O) groups excluding carboxylic acids is 2. The van der Waals surface area contributed by atoms with Gasteiger partial charge in [-0.05, 0) is 81.5 Å². The summed E-state index contributed by atoms with van der Waals surface area (Å²) in [5, 5.41) is 2.92. The van der Waals surface area contributed by atoms with Gasteiger partial charge in [0, 0.05) is 25.6 Å². The standard InChI is InChI=1S/C28H41N3O5S/c1-8-26(28(33)29-20(2)3)30(19-23-11-9-12-25(18-23)36-6)27(32)13-10-14-31(37(7,34)35)24-16-21(4)15-22(5)17-24/h9,11-12,15-18,20,26H,8,10,13-14,19H2,1-7H3,(H,29,33)/t26-/m1/s1. The van der Waals surface area contributed by atoms with Crippen molar-refractivity contribution >= 4 is 27.5 Å². The second-order valence-electron chi connectivity index (χ2n) is 9.75. The number of nitrogens with zero attached hydrogens (tertiary/aromatic N) is 2. The Balaban J connectivity index is 2.26. The summed E-state index contributed by atoms with van der Waals surface area (Å²) in [5.74, 6) is 0.256. The number of rotatable bonds is 13. The number of sulfonamides is 1. The van der Waals surface area contributed by atoms with Gasteiger partial charge < -0.3 is 15.0 Å². The fraction of sp³-hybridized carbons (Fsp3) is 0.500. The summed E-state index contributed by atoms with van der Waals surface area (Å²) in [4.78, 5) is 28.1. The molecule has 0 bridgehead atoms. The molecule has 0 fully saturated rings. The highest BCUT2D eigenvalue weighted by atomic mass is 32.2. The number of aryl methyl sites for hydroxylation is 2. The van der Waals surface area contributed by atoms with Gasteiger partial charge in [0.1, 0.15) is 11.8 Å². The summed E-state index contributed by atoms with van der Waals surface area (Å²) in [7, 11) is -1.96. The summed E-state index contributed by atoms with van der Waals surface area (Å²) in [6.45, 7) is 9.88. The number of ether oxygens (including phenoxy) is 1. The molecule has 204 valence electrons. The Bertz CT molecular complexity index is 1160. The van der Waals surface area contributed by atoms with Crippen LogP contribution in [-0.2, 0) is 26.2 Å². The molecule has 0 unspecified atom stereocenters. The molecule has 1 atom stereocenters. The van der Waals surface area contributed by atoms with E-state index in [1.54, 1.807) is 12.0 Å². The second-order valence-corrected chi connectivity index (χ2v) is 11.7. The molecule has 0 saturated carbocycles. The average molecular weight is 532 g/mol. The van der Waals surface area contributed by atoms with E-state index in [2.05, 4.69) is 5.32 Å². The Morgan fingerprint density at radius 2 is 1.70 bits per heavy atom. The molecule has 0 aliphatic rings. The number of hydrogen-bond acceptors (Lipinski definition) is 5. The molecule has 2 aromatic carbocycles. The molecule has 0 spiro atoms. The van der Waals surface area contributed by atoms with E-state index in [4.69, 9.17) is 4.74 Å². The van der Waals surface area contributed by atoms with E-state index >= 15 is 0 Å². The fourth-order valence-corrected chi connectivity index (χ4v) is 5.32. The Morgan fingerprint density at radius 3 is 2.24 bits per heavy atom. The van der Waals surface area contributed by atoms with E-state index in [0.29, 0.717) is 24.3 Å². The van der Waals surface area contributed by atoms with E-state index in [1.165, 1.54) is 10.6 Å². The third kappa shape index (κ3) is 9.07. The molecule has 0 aliphatic heterocycles. The van der Waals surface area contributed by atoms with Crippen LogP contribution in [0.2, 0.25) is 0 Å². The topological polar surface area (TPSA) is 96.0 Å². The first-order chi connectivity index (χ1) is 17.3. The van der Waals surface area contributed by atoms with Crippen LogP contribution in [-0.4, -0.2) is 57.1 Å². The molecule has 0 aliphatic carbocycles. The van der Waals surface area contributed by atoms with Crippen molar-refractivity contribution in [3.05, 3.63) is 59.2 Å². The number of anilines is 1. The molecule has 8 nitrogen and oxygen atoms in total. The number of benzene rings is 2. The van der Waals surface area contributed by atoms with Crippen LogP contribution in [0.25, 0.3) is 0 Å². The lowest BCUT2D eigenvalue weighted by molar-refractivity contribution is -0.141. The number of nitrogens with one attached hydrogen (secondary N) is 1. The van der Waals surface area contributed by atoms with Crippen LogP contribution in [0.1, 0.15) is 56.7 Å². The Hall–Kier alpha value is -3.07. The van der Waals surface area contributed by atoms with Crippen molar-refractivity contribution in [2.75, 3.05) is 24.2 Å². The van der Waals surface area contributed by atoms with Crippen LogP contribution in [0, 0.1) is 13.8 Å². The zero-order valence-corrected chi connectivity index (χ0v) is 23.9. The van der Waals surface area contributed by atoms with Crippen LogP contribution in [0.3, 0.4) is 0 Å². The van der Waals surface area contributed by atoms with Crippen LogP contribution < -0.4 is 14.4 Å². The highest BCUT2D eigenvalue weighted by Crippen LogP contribution is 2.23. The molecule has 0 saturated heterocycles. The number of amides is 2. The summed E-state index contributed by atoms with van der Waals surface area (Å²) in [6.07, 6.45) is 2.04. The van der Waals surface area contributed by atoms with Crippen molar-refractivity contribution in [2.24, 2.45) is 0 Å². The van der Waals surface area contributed by atoms with Gasteiger partial charge >= 0.3 is 0 Å². The van der Waals surface area contributed by atoms with Gasteiger partial charge in [-0.2, -0.15) is 0 Å². The van der Waals surface area contributed by atoms with Gasteiger partial charge in [0.05, 0.1) is 19.1 Å². The minimum Gasteiger partial charge on any atom is -0.497 e. The highest BCUT2D eigenvalue weighted by Gasteiger charge is 2.29. The molecule has 0 heterocycles. The molecule has 2 amide bonds. The van der Waals surface area contributed by atoms with Crippen LogP contribution >= 0.6 is 0 Å². The van der Waals surface area contributed by atoms with Crippen LogP contribution in [0.4, 0.5) is 5.69 Å². The maximum absolute atomic E-state index is 13.5. The van der Waals surface area contributed by atoms with Crippen molar-refractivity contribution in [1.82, 2.24) is 10.2 Å². The SMILES string of the molecule is CC[C@H](C(=O)NC(C)C)N(Cc1cccc(OC)c1)C(=O)CCCN(c1cc(C)cc(C)c1)S(C)(=O)=O. The lowest BCUT2D eigenvalue weighted by atomic mass is 10.1. The maximum Gasteiger partial charge on any atom is 0.243 e. The summed E-state index contributed by atoms with van der Waals surface area (Å²) in [6, 6.07) is 12.3. The van der Waals surface area contributed by atoms with E-state index in [0.717, 1.165) is 16.7 Å². The largest absolute Gasteiger partial charge is 0.497 e. The molecule has 0 aromatic heterocycles. The molecule has 2 rings (SSSR count). The lowest BCUT2D eigenvalue weighted by Crippen LogP contribution is -2.50. The molecule has 9 heteroatoms. The van der Waals surface area contributed by atoms with E-state index in [1.807, 2.05) is 77.1 Å². The predicted molar refractivity (Wildman–Crippen MR) is 148 cm³/mol. The van der Waals surface area contributed by atoms with Crippen molar-refractivity contribution in [3.8, 4) is 5.75 Å². The van der Waals surface area contributed by atoms with Crippen molar-refractivity contribution in [2.45, 2.75) is 72.5 Å². The van der Waals surface area contributed by atoms with Crippen molar-refractivity contribution < 1.29 is 22.7 Å². The quantitative estimate of drug-likeness (QED) is 0.418. The minimum atomic E-state index is -3.54. The number of methoxy groups -OCH3 is 1. The summed E-state index contributed by atoms with van der Waals surface area (Å²) < 4.78 is 31.8. The van der Waals surface area contributed by atoms with Gasteiger partial charge in [0.15, 0.2) is 0 Å². The second kappa shape index (κ2) is 13.5. The monoisotopic (exact) mass is 531 g/mol. The first kappa shape index (κ1) is 30.2.